The van der Waals surface area contributed by atoms with Crippen molar-refractivity contribution in [3.05, 3.63) is 46.1 Å². The molecule has 0 fully saturated rings. The van der Waals surface area contributed by atoms with Gasteiger partial charge in [0.05, 0.1) is 5.69 Å². The summed E-state index contributed by atoms with van der Waals surface area (Å²) in [5.41, 5.74) is 1.81. The lowest BCUT2D eigenvalue weighted by molar-refractivity contribution is -0.112. The summed E-state index contributed by atoms with van der Waals surface area (Å²) in [5.74, 6) is -1.24. The van der Waals surface area contributed by atoms with Crippen LogP contribution in [-0.4, -0.2) is 29.2 Å². The van der Waals surface area contributed by atoms with Crippen LogP contribution in [0.25, 0.3) is 0 Å². The highest BCUT2D eigenvalue weighted by Gasteiger charge is 2.20. The zero-order chi connectivity index (χ0) is 17.0. The highest BCUT2D eigenvalue weighted by Crippen LogP contribution is 2.33. The van der Waals surface area contributed by atoms with Gasteiger partial charge in [-0.25, -0.2) is 4.98 Å². The van der Waals surface area contributed by atoms with Crippen molar-refractivity contribution in [1.82, 2.24) is 4.98 Å². The first-order valence-electron chi connectivity index (χ1n) is 6.67. The van der Waals surface area contributed by atoms with Crippen molar-refractivity contribution in [3.63, 3.8) is 0 Å². The van der Waals surface area contributed by atoms with Crippen molar-refractivity contribution >= 4 is 56.8 Å². The zero-order valence-electron chi connectivity index (χ0n) is 12.8. The minimum absolute atomic E-state index is 0.349. The number of thioether (sulfide) groups is 2. The van der Waals surface area contributed by atoms with Crippen LogP contribution in [0.5, 0.6) is 0 Å². The molecular formula is C16H15BrN2O2S2. The van der Waals surface area contributed by atoms with Gasteiger partial charge in [-0.3, -0.25) is 9.59 Å². The number of hydrogen-bond donors (Lipinski definition) is 1. The van der Waals surface area contributed by atoms with E-state index >= 15 is 0 Å². The summed E-state index contributed by atoms with van der Waals surface area (Å²) in [5, 5.41) is 3.42. The Hall–Kier alpha value is -1.31. The predicted octanol–water partition coefficient (Wildman–Crippen LogP) is 4.42. The lowest BCUT2D eigenvalue weighted by Gasteiger charge is -2.13. The molecule has 0 aliphatic rings. The molecule has 2 rings (SSSR count). The smallest absolute Gasteiger partial charge is 0.296 e. The number of pyridine rings is 1. The van der Waals surface area contributed by atoms with Crippen LogP contribution >= 0.6 is 39.5 Å². The molecule has 0 aliphatic carbocycles. The third kappa shape index (κ3) is 4.37. The molecule has 0 unspecified atom stereocenters. The average Bonchev–Trinajstić information content (AvgIpc) is 2.55. The maximum Gasteiger partial charge on any atom is 0.296 e. The number of amides is 1. The van der Waals surface area contributed by atoms with Crippen LogP contribution in [-0.2, 0) is 4.79 Å². The SMILES string of the molecule is CSc1cc(C)nc(SC)c1NC(=O)C(=O)c1ccc(Br)cc1. The number of anilines is 1. The Morgan fingerprint density at radius 1 is 1.13 bits per heavy atom. The number of aryl methyl sites for hydroxylation is 1. The van der Waals surface area contributed by atoms with Gasteiger partial charge in [-0.1, -0.05) is 15.9 Å². The van der Waals surface area contributed by atoms with E-state index in [2.05, 4.69) is 26.2 Å². The summed E-state index contributed by atoms with van der Waals surface area (Å²) in [7, 11) is 0. The molecule has 120 valence electrons. The summed E-state index contributed by atoms with van der Waals surface area (Å²) in [6, 6.07) is 8.59. The van der Waals surface area contributed by atoms with Crippen LogP contribution in [0.3, 0.4) is 0 Å². The van der Waals surface area contributed by atoms with E-state index in [0.29, 0.717) is 16.3 Å². The van der Waals surface area contributed by atoms with Crippen LogP contribution < -0.4 is 5.32 Å². The van der Waals surface area contributed by atoms with E-state index < -0.39 is 11.7 Å². The van der Waals surface area contributed by atoms with Crippen LogP contribution in [0.1, 0.15) is 16.1 Å². The molecule has 0 saturated carbocycles. The molecule has 2 aromatic rings. The van der Waals surface area contributed by atoms with Gasteiger partial charge in [-0.2, -0.15) is 0 Å². The normalized spacial score (nSPS) is 10.4. The highest BCUT2D eigenvalue weighted by atomic mass is 79.9. The number of rotatable bonds is 5. The van der Waals surface area contributed by atoms with Crippen molar-refractivity contribution in [3.8, 4) is 0 Å². The van der Waals surface area contributed by atoms with E-state index in [1.165, 1.54) is 23.5 Å². The van der Waals surface area contributed by atoms with Gasteiger partial charge in [0.25, 0.3) is 11.7 Å². The van der Waals surface area contributed by atoms with Crippen LogP contribution in [0.15, 0.2) is 44.7 Å². The number of Topliss-reactive ketones (excluding diaryl/α,β-unsaturated/α-hetero) is 1. The minimum Gasteiger partial charge on any atom is -0.316 e. The fourth-order valence-electron chi connectivity index (χ4n) is 1.94. The van der Waals surface area contributed by atoms with E-state index in [1.807, 2.05) is 25.5 Å². The maximum absolute atomic E-state index is 12.3. The van der Waals surface area contributed by atoms with Crippen LogP contribution in [0.2, 0.25) is 0 Å². The van der Waals surface area contributed by atoms with Crippen molar-refractivity contribution in [1.29, 1.82) is 0 Å². The topological polar surface area (TPSA) is 59.1 Å². The zero-order valence-corrected chi connectivity index (χ0v) is 16.1. The van der Waals surface area contributed by atoms with E-state index in [1.54, 1.807) is 24.3 Å². The molecule has 0 radical (unpaired) electrons. The predicted molar refractivity (Wildman–Crippen MR) is 99.6 cm³/mol. The maximum atomic E-state index is 12.3. The molecular weight excluding hydrogens is 396 g/mol. The molecule has 23 heavy (non-hydrogen) atoms. The Morgan fingerprint density at radius 2 is 1.78 bits per heavy atom. The Morgan fingerprint density at radius 3 is 2.35 bits per heavy atom. The number of nitrogens with zero attached hydrogens (tertiary/aromatic N) is 1. The second-order valence-electron chi connectivity index (χ2n) is 4.64. The van der Waals surface area contributed by atoms with E-state index in [0.717, 1.165) is 15.1 Å². The van der Waals surface area contributed by atoms with Crippen molar-refractivity contribution in [2.45, 2.75) is 16.8 Å². The first-order valence-corrected chi connectivity index (χ1v) is 9.91. The molecule has 0 saturated heterocycles. The summed E-state index contributed by atoms with van der Waals surface area (Å²) in [6.07, 6.45) is 3.81. The van der Waals surface area contributed by atoms with Crippen molar-refractivity contribution < 1.29 is 9.59 Å². The van der Waals surface area contributed by atoms with E-state index in [4.69, 9.17) is 0 Å². The summed E-state index contributed by atoms with van der Waals surface area (Å²) >= 11 is 6.24. The van der Waals surface area contributed by atoms with Crippen LogP contribution in [0, 0.1) is 6.92 Å². The van der Waals surface area contributed by atoms with Crippen molar-refractivity contribution in [2.24, 2.45) is 0 Å². The molecule has 1 amide bonds. The fourth-order valence-corrected chi connectivity index (χ4v) is 3.51. The molecule has 0 spiro atoms. The molecule has 1 heterocycles. The van der Waals surface area contributed by atoms with Crippen LogP contribution in [0.4, 0.5) is 5.69 Å². The number of ketones is 1. The van der Waals surface area contributed by atoms with Gasteiger partial charge in [-0.05, 0) is 49.8 Å². The Labute approximate surface area is 152 Å². The molecule has 1 aromatic carbocycles. The Balaban J connectivity index is 2.29. The fraction of sp³-hybridized carbons (Fsp3) is 0.188. The minimum atomic E-state index is -0.663. The number of carbonyl (C=O) groups excluding carboxylic acids is 2. The molecule has 4 nitrogen and oxygen atoms in total. The first-order chi connectivity index (χ1) is 11.0. The third-order valence-electron chi connectivity index (χ3n) is 3.04. The largest absolute Gasteiger partial charge is 0.316 e. The second kappa shape index (κ2) is 7.99. The van der Waals surface area contributed by atoms with Gasteiger partial charge in [-0.15, -0.1) is 23.5 Å². The van der Waals surface area contributed by atoms with Gasteiger partial charge >= 0.3 is 0 Å². The standard InChI is InChI=1S/C16H15BrN2O2S2/c1-9-8-12(22-2)13(16(18-9)23-3)19-15(21)14(20)10-4-6-11(17)7-5-10/h4-8H,1-3H3,(H,19,21). The molecule has 1 aromatic heterocycles. The number of nitrogens with one attached hydrogen (secondary N) is 1. The van der Waals surface area contributed by atoms with Gasteiger partial charge in [0.2, 0.25) is 0 Å². The van der Waals surface area contributed by atoms with Gasteiger partial charge in [0, 0.05) is 20.6 Å². The Kier molecular flexibility index (Phi) is 6.26. The molecule has 0 atom stereocenters. The average molecular weight is 411 g/mol. The highest BCUT2D eigenvalue weighted by molar-refractivity contribution is 9.10. The number of hydrogen-bond acceptors (Lipinski definition) is 5. The lowest BCUT2D eigenvalue weighted by atomic mass is 10.1. The van der Waals surface area contributed by atoms with Gasteiger partial charge in [0.1, 0.15) is 5.03 Å². The van der Waals surface area contributed by atoms with Crippen molar-refractivity contribution in [2.75, 3.05) is 17.8 Å². The third-order valence-corrected chi connectivity index (χ3v) is 5.02. The second-order valence-corrected chi connectivity index (χ2v) is 7.20. The summed E-state index contributed by atoms with van der Waals surface area (Å²) in [4.78, 5) is 29.9. The molecule has 0 bridgehead atoms. The first kappa shape index (κ1) is 18.0. The quantitative estimate of drug-likeness (QED) is 0.449. The molecule has 1 N–H and O–H groups in total. The Bertz CT molecular complexity index is 723. The monoisotopic (exact) mass is 410 g/mol. The van der Waals surface area contributed by atoms with E-state index in [9.17, 15) is 9.59 Å². The van der Waals surface area contributed by atoms with Gasteiger partial charge in [0.15, 0.2) is 0 Å². The summed E-state index contributed by atoms with van der Waals surface area (Å²) in [6.45, 7) is 1.90. The number of aromatic nitrogens is 1. The number of carbonyl (C=O) groups is 2. The summed E-state index contributed by atoms with van der Waals surface area (Å²) < 4.78 is 0.853. The number of benzene rings is 1. The number of halogens is 1. The van der Waals surface area contributed by atoms with E-state index in [-0.39, 0.29) is 0 Å². The molecule has 0 aliphatic heterocycles. The lowest BCUT2D eigenvalue weighted by Crippen LogP contribution is -2.23. The molecule has 7 heteroatoms. The van der Waals surface area contributed by atoms with Gasteiger partial charge < -0.3 is 5.32 Å².